The second kappa shape index (κ2) is 10.4. The molecule has 0 bridgehead atoms. The summed E-state index contributed by atoms with van der Waals surface area (Å²) in [5, 5.41) is 3.04. The molecule has 4 rings (SSSR count). The highest BCUT2D eigenvalue weighted by Gasteiger charge is 2.20. The van der Waals surface area contributed by atoms with Gasteiger partial charge in [-0.15, -0.1) is 0 Å². The van der Waals surface area contributed by atoms with Crippen LogP contribution in [0.4, 0.5) is 10.5 Å². The summed E-state index contributed by atoms with van der Waals surface area (Å²) in [5.41, 5.74) is 1.81. The Bertz CT molecular complexity index is 890. The van der Waals surface area contributed by atoms with Crippen molar-refractivity contribution in [2.45, 2.75) is 45.2 Å². The second-order valence-electron chi connectivity index (χ2n) is 8.28. The molecule has 6 nitrogen and oxygen atoms in total. The van der Waals surface area contributed by atoms with E-state index in [1.54, 1.807) is 0 Å². The van der Waals surface area contributed by atoms with Crippen LogP contribution >= 0.6 is 15.9 Å². The molecule has 2 aromatic rings. The lowest BCUT2D eigenvalue weighted by Gasteiger charge is -2.34. The Morgan fingerprint density at radius 2 is 1.97 bits per heavy atom. The monoisotopic (exact) mass is 487 g/mol. The number of nitrogens with one attached hydrogen (secondary N) is 1. The number of benzene rings is 2. The number of piperidine rings is 1. The number of nitrogens with zero attached hydrogens (tertiary/aromatic N) is 2. The van der Waals surface area contributed by atoms with Crippen molar-refractivity contribution in [1.29, 1.82) is 0 Å². The molecule has 7 heteroatoms. The fraction of sp³-hybridized carbons (Fsp3) is 0.458. The van der Waals surface area contributed by atoms with Crippen molar-refractivity contribution in [1.82, 2.24) is 9.80 Å². The van der Waals surface area contributed by atoms with Gasteiger partial charge in [-0.1, -0.05) is 28.4 Å². The number of likely N-dealkylation sites (tertiary alicyclic amines) is 1. The fourth-order valence-corrected chi connectivity index (χ4v) is 4.47. The molecule has 0 aromatic heterocycles. The van der Waals surface area contributed by atoms with Crippen LogP contribution in [0.5, 0.6) is 11.5 Å². The number of carbonyl (C=O) groups excluding carboxylic acids is 1. The minimum atomic E-state index is -0.0910. The van der Waals surface area contributed by atoms with Gasteiger partial charge in [0.2, 0.25) is 6.79 Å². The molecule has 2 amide bonds. The molecule has 2 aromatic carbocycles. The number of carbonyl (C=O) groups is 1. The third-order valence-electron chi connectivity index (χ3n) is 6.01. The fourth-order valence-electron chi connectivity index (χ4n) is 4.20. The average molecular weight is 488 g/mol. The highest BCUT2D eigenvalue weighted by molar-refractivity contribution is 9.10. The summed E-state index contributed by atoms with van der Waals surface area (Å²) >= 11 is 3.44. The van der Waals surface area contributed by atoms with Gasteiger partial charge in [-0.3, -0.25) is 0 Å². The maximum atomic E-state index is 13.1. The van der Waals surface area contributed by atoms with Crippen LogP contribution in [0.15, 0.2) is 46.9 Å². The van der Waals surface area contributed by atoms with Crippen LogP contribution in [-0.2, 0) is 6.54 Å². The van der Waals surface area contributed by atoms with Crippen molar-refractivity contribution in [3.05, 3.63) is 52.5 Å². The number of anilines is 1. The lowest BCUT2D eigenvalue weighted by atomic mass is 10.0. The van der Waals surface area contributed by atoms with Gasteiger partial charge in [0.25, 0.3) is 0 Å². The Hall–Kier alpha value is -2.25. The Kier molecular flexibility index (Phi) is 7.35. The summed E-state index contributed by atoms with van der Waals surface area (Å²) in [4.78, 5) is 17.5. The quantitative estimate of drug-likeness (QED) is 0.561. The van der Waals surface area contributed by atoms with Crippen LogP contribution < -0.4 is 14.8 Å². The SMILES string of the molecule is CC1CCCCN1CCCN(Cc1ccc2c(c1)OCO2)C(=O)Nc1ccc(Br)cc1. The molecular formula is C24H30BrN3O3. The molecule has 1 N–H and O–H groups in total. The van der Waals surface area contributed by atoms with E-state index in [4.69, 9.17) is 9.47 Å². The van der Waals surface area contributed by atoms with Gasteiger partial charge in [0.05, 0.1) is 0 Å². The molecule has 1 fully saturated rings. The lowest BCUT2D eigenvalue weighted by molar-refractivity contribution is 0.150. The first kappa shape index (κ1) is 22.0. The molecule has 166 valence electrons. The summed E-state index contributed by atoms with van der Waals surface area (Å²) in [5.74, 6) is 1.50. The molecule has 1 unspecified atom stereocenters. The van der Waals surface area contributed by atoms with Crippen LogP contribution in [0.1, 0.15) is 38.2 Å². The van der Waals surface area contributed by atoms with Gasteiger partial charge in [0.15, 0.2) is 11.5 Å². The highest BCUT2D eigenvalue weighted by atomic mass is 79.9. The van der Waals surface area contributed by atoms with Crippen molar-refractivity contribution in [2.75, 3.05) is 31.7 Å². The van der Waals surface area contributed by atoms with E-state index in [0.29, 0.717) is 19.1 Å². The van der Waals surface area contributed by atoms with E-state index in [1.807, 2.05) is 47.4 Å². The number of hydrogen-bond donors (Lipinski definition) is 1. The Balaban J connectivity index is 1.41. The number of amides is 2. The van der Waals surface area contributed by atoms with Crippen LogP contribution in [0.25, 0.3) is 0 Å². The van der Waals surface area contributed by atoms with E-state index in [1.165, 1.54) is 19.3 Å². The zero-order chi connectivity index (χ0) is 21.6. The number of hydrogen-bond acceptors (Lipinski definition) is 4. The van der Waals surface area contributed by atoms with E-state index < -0.39 is 0 Å². The highest BCUT2D eigenvalue weighted by Crippen LogP contribution is 2.33. The summed E-state index contributed by atoms with van der Waals surface area (Å²) in [6.07, 6.45) is 4.81. The zero-order valence-electron chi connectivity index (χ0n) is 18.0. The number of ether oxygens (including phenoxy) is 2. The van der Waals surface area contributed by atoms with E-state index in [9.17, 15) is 4.79 Å². The third kappa shape index (κ3) is 5.92. The Morgan fingerprint density at radius 1 is 1.16 bits per heavy atom. The molecule has 2 heterocycles. The van der Waals surface area contributed by atoms with Gasteiger partial charge in [-0.2, -0.15) is 0 Å². The van der Waals surface area contributed by atoms with Gasteiger partial charge >= 0.3 is 6.03 Å². The topological polar surface area (TPSA) is 54.0 Å². The summed E-state index contributed by atoms with van der Waals surface area (Å²) in [6, 6.07) is 14.1. The molecule has 1 saturated heterocycles. The zero-order valence-corrected chi connectivity index (χ0v) is 19.6. The van der Waals surface area contributed by atoms with Crippen molar-refractivity contribution in [3.63, 3.8) is 0 Å². The predicted octanol–water partition coefficient (Wildman–Crippen LogP) is 5.48. The molecule has 0 aliphatic carbocycles. The molecule has 0 spiro atoms. The number of rotatable bonds is 7. The Labute approximate surface area is 192 Å². The van der Waals surface area contributed by atoms with E-state index in [0.717, 1.165) is 46.7 Å². The molecule has 31 heavy (non-hydrogen) atoms. The normalized spacial score (nSPS) is 18.1. The van der Waals surface area contributed by atoms with Crippen LogP contribution in [-0.4, -0.2) is 48.3 Å². The molecule has 2 aliphatic rings. The number of halogens is 1. The van der Waals surface area contributed by atoms with E-state index in [2.05, 4.69) is 33.1 Å². The molecular weight excluding hydrogens is 458 g/mol. The first-order chi connectivity index (χ1) is 15.1. The van der Waals surface area contributed by atoms with Gasteiger partial charge in [0, 0.05) is 35.8 Å². The number of fused-ring (bicyclic) bond motifs is 1. The van der Waals surface area contributed by atoms with Gasteiger partial charge in [0.1, 0.15) is 0 Å². The van der Waals surface area contributed by atoms with Gasteiger partial charge < -0.3 is 24.6 Å². The third-order valence-corrected chi connectivity index (χ3v) is 6.54. The summed E-state index contributed by atoms with van der Waals surface area (Å²) in [6.45, 7) is 5.96. The van der Waals surface area contributed by atoms with Crippen LogP contribution in [0, 0.1) is 0 Å². The molecule has 1 atom stereocenters. The van der Waals surface area contributed by atoms with E-state index >= 15 is 0 Å². The number of urea groups is 1. The van der Waals surface area contributed by atoms with Crippen molar-refractivity contribution in [3.8, 4) is 11.5 Å². The van der Waals surface area contributed by atoms with Crippen molar-refractivity contribution < 1.29 is 14.3 Å². The maximum absolute atomic E-state index is 13.1. The van der Waals surface area contributed by atoms with E-state index in [-0.39, 0.29) is 12.8 Å². The average Bonchev–Trinajstić information content (AvgIpc) is 3.24. The van der Waals surface area contributed by atoms with Gasteiger partial charge in [-0.05, 0) is 74.7 Å². The summed E-state index contributed by atoms with van der Waals surface area (Å²) < 4.78 is 11.9. The van der Waals surface area contributed by atoms with Gasteiger partial charge in [-0.25, -0.2) is 4.79 Å². The minimum Gasteiger partial charge on any atom is -0.454 e. The second-order valence-corrected chi connectivity index (χ2v) is 9.20. The molecule has 2 aliphatic heterocycles. The molecule has 0 saturated carbocycles. The van der Waals surface area contributed by atoms with Crippen LogP contribution in [0.3, 0.4) is 0 Å². The first-order valence-corrected chi connectivity index (χ1v) is 11.8. The Morgan fingerprint density at radius 3 is 2.77 bits per heavy atom. The predicted molar refractivity (Wildman–Crippen MR) is 126 cm³/mol. The smallest absolute Gasteiger partial charge is 0.322 e. The molecule has 0 radical (unpaired) electrons. The summed E-state index contributed by atoms with van der Waals surface area (Å²) in [7, 11) is 0. The minimum absolute atomic E-state index is 0.0910. The largest absolute Gasteiger partial charge is 0.454 e. The van der Waals surface area contributed by atoms with Crippen molar-refractivity contribution in [2.24, 2.45) is 0 Å². The lowest BCUT2D eigenvalue weighted by Crippen LogP contribution is -2.40. The first-order valence-electron chi connectivity index (χ1n) is 11.0. The van der Waals surface area contributed by atoms with Crippen molar-refractivity contribution >= 4 is 27.6 Å². The maximum Gasteiger partial charge on any atom is 0.322 e. The van der Waals surface area contributed by atoms with Crippen LogP contribution in [0.2, 0.25) is 0 Å². The standard InChI is InChI=1S/C24H30BrN3O3/c1-18-5-2-3-12-27(18)13-4-14-28(24(29)26-21-9-7-20(25)8-10-21)16-19-6-11-22-23(15-19)31-17-30-22/h6-11,15,18H,2-5,12-14,16-17H2,1H3,(H,26,29).